The molecule has 1 aliphatic heterocycles. The van der Waals surface area contributed by atoms with Gasteiger partial charge in [0.25, 0.3) is 5.91 Å². The molecule has 5 heteroatoms. The van der Waals surface area contributed by atoms with E-state index in [9.17, 15) is 4.79 Å². The summed E-state index contributed by atoms with van der Waals surface area (Å²) in [7, 11) is 0. The summed E-state index contributed by atoms with van der Waals surface area (Å²) in [4.78, 5) is 18.6. The number of aryl methyl sites for hydroxylation is 1. The Morgan fingerprint density at radius 3 is 2.85 bits per heavy atom. The van der Waals surface area contributed by atoms with Gasteiger partial charge in [-0.1, -0.05) is 19.1 Å². The quantitative estimate of drug-likeness (QED) is 0.672. The van der Waals surface area contributed by atoms with Crippen molar-refractivity contribution in [3.63, 3.8) is 0 Å². The van der Waals surface area contributed by atoms with E-state index in [1.165, 1.54) is 16.9 Å². The number of carbonyl (C=O) groups excluding carboxylic acids is 1. The van der Waals surface area contributed by atoms with Crippen molar-refractivity contribution in [2.45, 2.75) is 37.6 Å². The molecule has 1 aliphatic rings. The van der Waals surface area contributed by atoms with Crippen molar-refractivity contribution in [3.05, 3.63) is 59.4 Å². The minimum absolute atomic E-state index is 0.0306. The standard InChI is InChI=1S/C22H25N3OS/c1-15-10-12-25-20-8-5-17(14-19(20)24-21(25)13-15)22(26)23-11-9-16-3-6-18(27-2)7-4-16/h3-8,14-15H,9-13H2,1-2H3,(H,23,26)/t15-/m1/s1. The number of imidazole rings is 1. The molecule has 27 heavy (non-hydrogen) atoms. The Morgan fingerprint density at radius 1 is 1.26 bits per heavy atom. The molecular formula is C22H25N3OS. The van der Waals surface area contributed by atoms with Crippen LogP contribution in [0.2, 0.25) is 0 Å². The van der Waals surface area contributed by atoms with Gasteiger partial charge in [-0.25, -0.2) is 4.98 Å². The van der Waals surface area contributed by atoms with Gasteiger partial charge in [0.15, 0.2) is 0 Å². The predicted molar refractivity (Wildman–Crippen MR) is 111 cm³/mol. The SMILES string of the molecule is CSc1ccc(CCNC(=O)c2ccc3c(c2)nc2n3CC[C@@H](C)C2)cc1. The molecule has 4 rings (SSSR count). The first-order valence-corrected chi connectivity index (χ1v) is 10.8. The first-order chi connectivity index (χ1) is 13.1. The van der Waals surface area contributed by atoms with Crippen LogP contribution in [0.15, 0.2) is 47.4 Å². The van der Waals surface area contributed by atoms with Gasteiger partial charge in [-0.3, -0.25) is 4.79 Å². The molecule has 0 spiro atoms. The van der Waals surface area contributed by atoms with Crippen LogP contribution in [0.5, 0.6) is 0 Å². The van der Waals surface area contributed by atoms with E-state index in [1.807, 2.05) is 18.2 Å². The van der Waals surface area contributed by atoms with Crippen LogP contribution in [0.1, 0.15) is 35.1 Å². The summed E-state index contributed by atoms with van der Waals surface area (Å²) in [5.74, 6) is 1.80. The van der Waals surface area contributed by atoms with Crippen LogP contribution in [0.3, 0.4) is 0 Å². The average Bonchev–Trinajstić information content (AvgIpc) is 3.04. The van der Waals surface area contributed by atoms with Crippen LogP contribution in [0.25, 0.3) is 11.0 Å². The first kappa shape index (κ1) is 18.1. The van der Waals surface area contributed by atoms with Crippen LogP contribution in [0.4, 0.5) is 0 Å². The molecular weight excluding hydrogens is 354 g/mol. The fraction of sp³-hybridized carbons (Fsp3) is 0.364. The number of benzene rings is 2. The minimum Gasteiger partial charge on any atom is -0.352 e. The lowest BCUT2D eigenvalue weighted by atomic mass is 10.0. The van der Waals surface area contributed by atoms with Crippen molar-refractivity contribution in [1.29, 1.82) is 0 Å². The first-order valence-electron chi connectivity index (χ1n) is 9.54. The van der Waals surface area contributed by atoms with Gasteiger partial charge in [0.1, 0.15) is 5.82 Å². The molecule has 0 bridgehead atoms. The van der Waals surface area contributed by atoms with Crippen LogP contribution in [0, 0.1) is 5.92 Å². The summed E-state index contributed by atoms with van der Waals surface area (Å²) < 4.78 is 2.30. The molecule has 4 nitrogen and oxygen atoms in total. The molecule has 2 heterocycles. The average molecular weight is 380 g/mol. The van der Waals surface area contributed by atoms with Crippen molar-refractivity contribution in [2.24, 2.45) is 5.92 Å². The maximum Gasteiger partial charge on any atom is 0.251 e. The van der Waals surface area contributed by atoms with Gasteiger partial charge < -0.3 is 9.88 Å². The number of hydrogen-bond acceptors (Lipinski definition) is 3. The number of carbonyl (C=O) groups is 1. The Morgan fingerprint density at radius 2 is 2.07 bits per heavy atom. The lowest BCUT2D eigenvalue weighted by molar-refractivity contribution is 0.0954. The fourth-order valence-corrected chi connectivity index (χ4v) is 4.11. The number of rotatable bonds is 5. The van der Waals surface area contributed by atoms with Gasteiger partial charge >= 0.3 is 0 Å². The second-order valence-electron chi connectivity index (χ2n) is 7.34. The summed E-state index contributed by atoms with van der Waals surface area (Å²) in [6.45, 7) is 3.93. The monoisotopic (exact) mass is 379 g/mol. The van der Waals surface area contributed by atoms with Crippen LogP contribution < -0.4 is 5.32 Å². The number of aromatic nitrogens is 2. The molecule has 3 aromatic rings. The Labute approximate surface area is 164 Å². The van der Waals surface area contributed by atoms with Gasteiger partial charge in [0.2, 0.25) is 0 Å². The fourth-order valence-electron chi connectivity index (χ4n) is 3.70. The number of nitrogens with one attached hydrogen (secondary N) is 1. The normalized spacial score (nSPS) is 16.3. The highest BCUT2D eigenvalue weighted by atomic mass is 32.2. The molecule has 0 fully saturated rings. The second-order valence-corrected chi connectivity index (χ2v) is 8.21. The summed E-state index contributed by atoms with van der Waals surface area (Å²) in [6.07, 6.45) is 5.12. The zero-order chi connectivity index (χ0) is 18.8. The molecule has 2 aromatic carbocycles. The van der Waals surface area contributed by atoms with E-state index in [4.69, 9.17) is 4.98 Å². The lowest BCUT2D eigenvalue weighted by Gasteiger charge is -2.19. The van der Waals surface area contributed by atoms with Crippen molar-refractivity contribution >= 4 is 28.7 Å². The molecule has 1 aromatic heterocycles. The van der Waals surface area contributed by atoms with E-state index >= 15 is 0 Å². The third-order valence-corrected chi connectivity index (χ3v) is 6.07. The smallest absolute Gasteiger partial charge is 0.251 e. The molecule has 0 unspecified atom stereocenters. The van der Waals surface area contributed by atoms with Crippen LogP contribution >= 0.6 is 11.8 Å². The zero-order valence-corrected chi connectivity index (χ0v) is 16.7. The van der Waals surface area contributed by atoms with E-state index in [2.05, 4.69) is 47.3 Å². The second kappa shape index (κ2) is 7.77. The van der Waals surface area contributed by atoms with Gasteiger partial charge in [-0.15, -0.1) is 11.8 Å². The summed E-state index contributed by atoms with van der Waals surface area (Å²) >= 11 is 1.74. The molecule has 1 amide bonds. The third kappa shape index (κ3) is 3.88. The summed E-state index contributed by atoms with van der Waals surface area (Å²) in [5, 5.41) is 3.03. The molecule has 0 radical (unpaired) electrons. The van der Waals surface area contributed by atoms with Gasteiger partial charge in [-0.05, 0) is 60.9 Å². The Kier molecular flexibility index (Phi) is 5.21. The van der Waals surface area contributed by atoms with Gasteiger partial charge in [-0.2, -0.15) is 0 Å². The number of hydrogen-bond donors (Lipinski definition) is 1. The van der Waals surface area contributed by atoms with Gasteiger partial charge in [0.05, 0.1) is 11.0 Å². The Balaban J connectivity index is 1.41. The number of nitrogens with zero attached hydrogens (tertiary/aromatic N) is 2. The van der Waals surface area contributed by atoms with Crippen LogP contribution in [-0.4, -0.2) is 28.3 Å². The van der Waals surface area contributed by atoms with E-state index in [0.717, 1.165) is 36.2 Å². The van der Waals surface area contributed by atoms with Gasteiger partial charge in [0, 0.05) is 30.0 Å². The molecule has 0 saturated carbocycles. The number of amides is 1. The largest absolute Gasteiger partial charge is 0.352 e. The highest BCUT2D eigenvalue weighted by Gasteiger charge is 2.19. The van der Waals surface area contributed by atoms with E-state index in [-0.39, 0.29) is 5.91 Å². The van der Waals surface area contributed by atoms with E-state index in [0.29, 0.717) is 18.0 Å². The van der Waals surface area contributed by atoms with Crippen molar-refractivity contribution in [1.82, 2.24) is 14.9 Å². The molecule has 0 aliphatic carbocycles. The summed E-state index contributed by atoms with van der Waals surface area (Å²) in [5.41, 5.74) is 3.99. The molecule has 140 valence electrons. The highest BCUT2D eigenvalue weighted by Crippen LogP contribution is 2.25. The maximum absolute atomic E-state index is 12.5. The van der Waals surface area contributed by atoms with Crippen molar-refractivity contribution in [2.75, 3.05) is 12.8 Å². The molecule has 1 N–H and O–H groups in total. The van der Waals surface area contributed by atoms with Crippen molar-refractivity contribution < 1.29 is 4.79 Å². The maximum atomic E-state index is 12.5. The Hall–Kier alpha value is -2.27. The molecule has 1 atom stereocenters. The number of thioether (sulfide) groups is 1. The zero-order valence-electron chi connectivity index (χ0n) is 15.9. The van der Waals surface area contributed by atoms with E-state index < -0.39 is 0 Å². The molecule has 0 saturated heterocycles. The lowest BCUT2D eigenvalue weighted by Crippen LogP contribution is -2.25. The number of fused-ring (bicyclic) bond motifs is 3. The van der Waals surface area contributed by atoms with E-state index in [1.54, 1.807) is 11.8 Å². The van der Waals surface area contributed by atoms with Crippen LogP contribution in [-0.2, 0) is 19.4 Å². The topological polar surface area (TPSA) is 46.9 Å². The van der Waals surface area contributed by atoms with Crippen molar-refractivity contribution in [3.8, 4) is 0 Å². The summed E-state index contributed by atoms with van der Waals surface area (Å²) in [6, 6.07) is 14.4. The highest BCUT2D eigenvalue weighted by molar-refractivity contribution is 7.98. The predicted octanol–water partition coefficient (Wildman–Crippen LogP) is 4.31. The Bertz CT molecular complexity index is 962. The third-order valence-electron chi connectivity index (χ3n) is 5.32. The minimum atomic E-state index is -0.0306.